The highest BCUT2D eigenvalue weighted by Crippen LogP contribution is 2.27. The predicted molar refractivity (Wildman–Crippen MR) is 53.1 cm³/mol. The van der Waals surface area contributed by atoms with Crippen molar-refractivity contribution in [3.8, 4) is 17.6 Å². The van der Waals surface area contributed by atoms with Gasteiger partial charge in [-0.15, -0.1) is 0 Å². The zero-order valence-corrected chi connectivity index (χ0v) is 8.32. The lowest BCUT2D eigenvalue weighted by Gasteiger charge is -2.07. The molecule has 0 aromatic heterocycles. The Bertz CT molecular complexity index is 355. The molecule has 0 bridgehead atoms. The lowest BCUT2D eigenvalue weighted by atomic mass is 10.0. The summed E-state index contributed by atoms with van der Waals surface area (Å²) < 4.78 is 4.97. The Morgan fingerprint density at radius 3 is 2.86 bits per heavy atom. The van der Waals surface area contributed by atoms with Crippen LogP contribution in [0.15, 0.2) is 18.2 Å². The molecular formula is C11H13NO2. The van der Waals surface area contributed by atoms with E-state index in [-0.39, 0.29) is 11.7 Å². The minimum atomic E-state index is -0.0238. The van der Waals surface area contributed by atoms with Gasteiger partial charge >= 0.3 is 0 Å². The van der Waals surface area contributed by atoms with Gasteiger partial charge in [-0.25, -0.2) is 0 Å². The number of rotatable bonds is 3. The van der Waals surface area contributed by atoms with E-state index in [1.54, 1.807) is 18.2 Å². The van der Waals surface area contributed by atoms with Crippen molar-refractivity contribution in [2.24, 2.45) is 5.92 Å². The number of hydrogen-bond donors (Lipinski definition) is 1. The van der Waals surface area contributed by atoms with Gasteiger partial charge in [0.2, 0.25) is 0 Å². The molecule has 1 unspecified atom stereocenters. The van der Waals surface area contributed by atoms with Gasteiger partial charge in [0.15, 0.2) is 11.5 Å². The van der Waals surface area contributed by atoms with Gasteiger partial charge in [-0.2, -0.15) is 5.26 Å². The second-order valence-corrected chi connectivity index (χ2v) is 3.24. The smallest absolute Gasteiger partial charge is 0.160 e. The molecule has 14 heavy (non-hydrogen) atoms. The van der Waals surface area contributed by atoms with E-state index in [9.17, 15) is 5.11 Å². The number of nitrogens with zero attached hydrogens (tertiary/aromatic N) is 1. The number of ether oxygens (including phenoxy) is 1. The number of aromatic hydroxyl groups is 1. The van der Waals surface area contributed by atoms with Crippen molar-refractivity contribution < 1.29 is 9.84 Å². The third-order valence-electron chi connectivity index (χ3n) is 2.01. The first-order chi connectivity index (χ1) is 6.67. The van der Waals surface area contributed by atoms with Crippen LogP contribution in [0, 0.1) is 17.2 Å². The fourth-order valence-corrected chi connectivity index (χ4v) is 1.25. The fraction of sp³-hybridized carbons (Fsp3) is 0.364. The number of benzene rings is 1. The molecule has 0 heterocycles. The molecule has 1 atom stereocenters. The molecule has 0 spiro atoms. The lowest BCUT2D eigenvalue weighted by molar-refractivity contribution is 0.373. The number of phenols is 1. The van der Waals surface area contributed by atoms with Crippen molar-refractivity contribution in [1.82, 2.24) is 0 Å². The fourth-order valence-electron chi connectivity index (χ4n) is 1.25. The van der Waals surface area contributed by atoms with Crippen molar-refractivity contribution in [3.05, 3.63) is 23.8 Å². The maximum absolute atomic E-state index is 9.34. The summed E-state index contributed by atoms with van der Waals surface area (Å²) in [6.07, 6.45) is 0.674. The first-order valence-electron chi connectivity index (χ1n) is 4.43. The summed E-state index contributed by atoms with van der Waals surface area (Å²) in [6, 6.07) is 7.29. The number of hydrogen-bond acceptors (Lipinski definition) is 3. The van der Waals surface area contributed by atoms with Gasteiger partial charge in [0.25, 0.3) is 0 Å². The molecule has 0 saturated heterocycles. The lowest BCUT2D eigenvalue weighted by Crippen LogP contribution is -1.96. The first kappa shape index (κ1) is 10.4. The van der Waals surface area contributed by atoms with Crippen molar-refractivity contribution in [1.29, 1.82) is 5.26 Å². The molecule has 0 radical (unpaired) electrons. The van der Waals surface area contributed by atoms with Gasteiger partial charge in [-0.05, 0) is 31.0 Å². The highest BCUT2D eigenvalue weighted by atomic mass is 16.5. The third kappa shape index (κ3) is 2.40. The van der Waals surface area contributed by atoms with E-state index < -0.39 is 0 Å². The minimum Gasteiger partial charge on any atom is -0.504 e. The van der Waals surface area contributed by atoms with E-state index in [1.807, 2.05) is 6.92 Å². The summed E-state index contributed by atoms with van der Waals surface area (Å²) in [5.74, 6) is 0.553. The Kier molecular flexibility index (Phi) is 3.35. The third-order valence-corrected chi connectivity index (χ3v) is 2.01. The molecular weight excluding hydrogens is 178 g/mol. The van der Waals surface area contributed by atoms with Crippen LogP contribution in [0.25, 0.3) is 0 Å². The second-order valence-electron chi connectivity index (χ2n) is 3.24. The normalized spacial score (nSPS) is 11.8. The van der Waals surface area contributed by atoms with Crippen molar-refractivity contribution in [3.63, 3.8) is 0 Å². The molecule has 0 amide bonds. The molecule has 1 N–H and O–H groups in total. The highest BCUT2D eigenvalue weighted by molar-refractivity contribution is 5.41. The van der Waals surface area contributed by atoms with Crippen LogP contribution in [-0.4, -0.2) is 12.2 Å². The van der Waals surface area contributed by atoms with Crippen LogP contribution in [0.2, 0.25) is 0 Å². The second kappa shape index (κ2) is 4.52. The summed E-state index contributed by atoms with van der Waals surface area (Å²) in [5, 5.41) is 18.0. The average molecular weight is 191 g/mol. The molecule has 0 aliphatic heterocycles. The van der Waals surface area contributed by atoms with Gasteiger partial charge in [0.1, 0.15) is 0 Å². The zero-order valence-electron chi connectivity index (χ0n) is 8.32. The van der Waals surface area contributed by atoms with E-state index >= 15 is 0 Å². The van der Waals surface area contributed by atoms with Gasteiger partial charge in [-0.1, -0.05) is 6.07 Å². The van der Waals surface area contributed by atoms with E-state index in [1.165, 1.54) is 7.11 Å². The molecule has 0 aliphatic carbocycles. The number of nitriles is 1. The molecule has 3 heteroatoms. The Labute approximate surface area is 83.6 Å². The van der Waals surface area contributed by atoms with Crippen LogP contribution in [-0.2, 0) is 6.42 Å². The molecule has 0 aliphatic rings. The number of phenolic OH excluding ortho intramolecular Hbond substituents is 1. The summed E-state index contributed by atoms with van der Waals surface area (Å²) >= 11 is 0. The van der Waals surface area contributed by atoms with Crippen LogP contribution in [0.1, 0.15) is 12.5 Å². The average Bonchev–Trinajstić information content (AvgIpc) is 2.20. The van der Waals surface area contributed by atoms with E-state index in [2.05, 4.69) is 6.07 Å². The van der Waals surface area contributed by atoms with Gasteiger partial charge < -0.3 is 9.84 Å². The number of methoxy groups -OCH3 is 1. The van der Waals surface area contributed by atoms with Crippen LogP contribution in [0.3, 0.4) is 0 Å². The topological polar surface area (TPSA) is 53.2 Å². The largest absolute Gasteiger partial charge is 0.504 e. The summed E-state index contributed by atoms with van der Waals surface area (Å²) in [5.41, 5.74) is 0.994. The monoisotopic (exact) mass is 191 g/mol. The van der Waals surface area contributed by atoms with E-state index in [4.69, 9.17) is 10.00 Å². The van der Waals surface area contributed by atoms with E-state index in [0.29, 0.717) is 12.2 Å². The maximum atomic E-state index is 9.34. The SMILES string of the molecule is COc1cc(CC(C)C#N)ccc1O. The van der Waals surface area contributed by atoms with Crippen LogP contribution in [0.5, 0.6) is 11.5 Å². The predicted octanol–water partition coefficient (Wildman–Crippen LogP) is 2.10. The van der Waals surface area contributed by atoms with Gasteiger partial charge in [-0.3, -0.25) is 0 Å². The summed E-state index contributed by atoms with van der Waals surface area (Å²) in [7, 11) is 1.51. The van der Waals surface area contributed by atoms with Crippen LogP contribution < -0.4 is 4.74 Å². The van der Waals surface area contributed by atoms with Crippen molar-refractivity contribution >= 4 is 0 Å². The molecule has 74 valence electrons. The van der Waals surface area contributed by atoms with Gasteiger partial charge in [0.05, 0.1) is 13.2 Å². The van der Waals surface area contributed by atoms with Crippen LogP contribution in [0.4, 0.5) is 0 Å². The highest BCUT2D eigenvalue weighted by Gasteiger charge is 2.05. The standard InChI is InChI=1S/C11H13NO2/c1-8(7-12)5-9-3-4-10(13)11(6-9)14-2/h3-4,6,8,13H,5H2,1-2H3. The van der Waals surface area contributed by atoms with Crippen molar-refractivity contribution in [2.75, 3.05) is 7.11 Å². The molecule has 3 nitrogen and oxygen atoms in total. The van der Waals surface area contributed by atoms with E-state index in [0.717, 1.165) is 5.56 Å². The van der Waals surface area contributed by atoms with Gasteiger partial charge in [0, 0.05) is 5.92 Å². The molecule has 0 fully saturated rings. The Balaban J connectivity index is 2.85. The quantitative estimate of drug-likeness (QED) is 0.796. The molecule has 1 rings (SSSR count). The summed E-state index contributed by atoms with van der Waals surface area (Å²) in [6.45, 7) is 1.86. The molecule has 0 saturated carbocycles. The Hall–Kier alpha value is -1.69. The van der Waals surface area contributed by atoms with Crippen molar-refractivity contribution in [2.45, 2.75) is 13.3 Å². The first-order valence-corrected chi connectivity index (χ1v) is 4.43. The van der Waals surface area contributed by atoms with Crippen LogP contribution >= 0.6 is 0 Å². The molecule has 1 aromatic carbocycles. The Morgan fingerprint density at radius 2 is 2.29 bits per heavy atom. The zero-order chi connectivity index (χ0) is 10.6. The minimum absolute atomic E-state index is 0.0238. The Morgan fingerprint density at radius 1 is 1.57 bits per heavy atom. The maximum Gasteiger partial charge on any atom is 0.160 e. The summed E-state index contributed by atoms with van der Waals surface area (Å²) in [4.78, 5) is 0. The molecule has 1 aromatic rings.